The van der Waals surface area contributed by atoms with E-state index in [-0.39, 0.29) is 0 Å². The molecule has 0 radical (unpaired) electrons. The number of hydrogen-bond donors (Lipinski definition) is 1. The lowest BCUT2D eigenvalue weighted by Gasteiger charge is -2.19. The third-order valence-electron chi connectivity index (χ3n) is 4.66. The predicted molar refractivity (Wildman–Crippen MR) is 118 cm³/mol. The largest absolute Gasteiger partial charge is 0.489 e. The van der Waals surface area contributed by atoms with Gasteiger partial charge in [-0.25, -0.2) is 0 Å². The molecular formula is C24H25Cl2NO. The molecule has 2 nitrogen and oxygen atoms in total. The lowest BCUT2D eigenvalue weighted by atomic mass is 10.0. The number of hydrogen-bond acceptors (Lipinski definition) is 2. The van der Waals surface area contributed by atoms with Crippen LogP contribution < -0.4 is 10.1 Å². The summed E-state index contributed by atoms with van der Waals surface area (Å²) in [4.78, 5) is 0. The molecule has 0 spiro atoms. The van der Waals surface area contributed by atoms with Gasteiger partial charge in [0.05, 0.1) is 0 Å². The van der Waals surface area contributed by atoms with E-state index >= 15 is 0 Å². The first kappa shape index (κ1) is 20.7. The van der Waals surface area contributed by atoms with Crippen LogP contribution in [-0.4, -0.2) is 0 Å². The molecule has 0 heterocycles. The van der Waals surface area contributed by atoms with Gasteiger partial charge in [-0.2, -0.15) is 0 Å². The highest BCUT2D eigenvalue weighted by atomic mass is 35.5. The monoisotopic (exact) mass is 413 g/mol. The highest BCUT2D eigenvalue weighted by Gasteiger charge is 2.09. The van der Waals surface area contributed by atoms with Crippen molar-refractivity contribution >= 4 is 23.2 Å². The van der Waals surface area contributed by atoms with Crippen molar-refractivity contribution in [2.45, 2.75) is 39.0 Å². The molecule has 146 valence electrons. The maximum atomic E-state index is 6.20. The molecule has 0 aliphatic rings. The second kappa shape index (κ2) is 10.5. The molecule has 0 fully saturated rings. The van der Waals surface area contributed by atoms with Crippen LogP contribution in [0.3, 0.4) is 0 Å². The molecule has 4 heteroatoms. The lowest BCUT2D eigenvalue weighted by molar-refractivity contribution is 0.306. The van der Waals surface area contributed by atoms with Crippen molar-refractivity contribution in [1.29, 1.82) is 0 Å². The maximum absolute atomic E-state index is 6.20. The molecule has 1 N–H and O–H groups in total. The summed E-state index contributed by atoms with van der Waals surface area (Å²) in [5.74, 6) is 0.822. The summed E-state index contributed by atoms with van der Waals surface area (Å²) >= 11 is 12.1. The average molecular weight is 414 g/mol. The van der Waals surface area contributed by atoms with Crippen LogP contribution in [0.4, 0.5) is 0 Å². The lowest BCUT2D eigenvalue weighted by Crippen LogP contribution is -2.20. The zero-order valence-corrected chi connectivity index (χ0v) is 17.5. The van der Waals surface area contributed by atoms with Crippen LogP contribution in [-0.2, 0) is 13.2 Å². The normalized spacial score (nSPS) is 12.0. The smallest absolute Gasteiger partial charge is 0.119 e. The summed E-state index contributed by atoms with van der Waals surface area (Å²) in [7, 11) is 0. The van der Waals surface area contributed by atoms with E-state index in [1.54, 1.807) is 6.07 Å². The van der Waals surface area contributed by atoms with Gasteiger partial charge in [0, 0.05) is 28.2 Å². The highest BCUT2D eigenvalue weighted by Crippen LogP contribution is 2.23. The van der Waals surface area contributed by atoms with E-state index in [2.05, 4.69) is 54.7 Å². The molecule has 0 aromatic heterocycles. The molecule has 0 saturated heterocycles. The van der Waals surface area contributed by atoms with E-state index in [0.717, 1.165) is 30.7 Å². The van der Waals surface area contributed by atoms with Crippen molar-refractivity contribution in [2.75, 3.05) is 0 Å². The second-order valence-electron chi connectivity index (χ2n) is 6.80. The fourth-order valence-corrected chi connectivity index (χ4v) is 3.57. The number of rotatable bonds is 9. The summed E-state index contributed by atoms with van der Waals surface area (Å²) in [5, 5.41) is 4.92. The molecule has 0 aliphatic carbocycles. The van der Waals surface area contributed by atoms with Crippen LogP contribution in [0.2, 0.25) is 10.0 Å². The topological polar surface area (TPSA) is 21.3 Å². The molecule has 3 aromatic rings. The van der Waals surface area contributed by atoms with Gasteiger partial charge in [0.2, 0.25) is 0 Å². The van der Waals surface area contributed by atoms with Crippen LogP contribution in [0.15, 0.2) is 72.8 Å². The Morgan fingerprint density at radius 3 is 2.36 bits per heavy atom. The second-order valence-corrected chi connectivity index (χ2v) is 7.64. The molecule has 0 bridgehead atoms. The first-order valence-electron chi connectivity index (χ1n) is 9.59. The molecule has 0 saturated carbocycles. The van der Waals surface area contributed by atoms with E-state index < -0.39 is 0 Å². The Kier molecular flexibility index (Phi) is 7.79. The van der Waals surface area contributed by atoms with Crippen molar-refractivity contribution in [3.63, 3.8) is 0 Å². The number of halogens is 2. The molecule has 3 rings (SSSR count). The fourth-order valence-electron chi connectivity index (χ4n) is 3.11. The summed E-state index contributed by atoms with van der Waals surface area (Å²) < 4.78 is 5.85. The van der Waals surface area contributed by atoms with Gasteiger partial charge in [0.1, 0.15) is 12.4 Å². The number of benzene rings is 3. The van der Waals surface area contributed by atoms with E-state index in [1.807, 2.05) is 24.3 Å². The quantitative estimate of drug-likeness (QED) is 0.400. The molecule has 0 aliphatic heterocycles. The fraction of sp³-hybridized carbons (Fsp3) is 0.250. The van der Waals surface area contributed by atoms with Crippen molar-refractivity contribution in [2.24, 2.45) is 0 Å². The Morgan fingerprint density at radius 2 is 1.68 bits per heavy atom. The average Bonchev–Trinajstić information content (AvgIpc) is 2.72. The first-order chi connectivity index (χ1) is 13.7. The van der Waals surface area contributed by atoms with Gasteiger partial charge in [-0.05, 0) is 41.8 Å². The minimum atomic E-state index is 0.370. The SMILES string of the molecule is CCCC(NCc1ccc(OCc2ccc(Cl)cc2Cl)cc1)c1ccccc1. The Bertz CT molecular complexity index is 866. The molecule has 1 unspecified atom stereocenters. The predicted octanol–water partition coefficient (Wildman–Crippen LogP) is 7.20. The van der Waals surface area contributed by atoms with Crippen molar-refractivity contribution in [1.82, 2.24) is 5.32 Å². The Balaban J connectivity index is 1.55. The van der Waals surface area contributed by atoms with Gasteiger partial charge in [0.15, 0.2) is 0 Å². The zero-order valence-electron chi connectivity index (χ0n) is 16.0. The number of ether oxygens (including phenoxy) is 1. The van der Waals surface area contributed by atoms with Crippen LogP contribution in [0.25, 0.3) is 0 Å². The van der Waals surface area contributed by atoms with E-state index in [4.69, 9.17) is 27.9 Å². The molecule has 28 heavy (non-hydrogen) atoms. The van der Waals surface area contributed by atoms with E-state index in [1.165, 1.54) is 11.1 Å². The van der Waals surface area contributed by atoms with E-state index in [9.17, 15) is 0 Å². The van der Waals surface area contributed by atoms with Crippen molar-refractivity contribution < 1.29 is 4.74 Å². The van der Waals surface area contributed by atoms with E-state index in [0.29, 0.717) is 22.7 Å². The molecular weight excluding hydrogens is 389 g/mol. The standard InChI is InChI=1S/C24H25Cl2NO/c1-2-6-24(19-7-4-3-5-8-19)27-16-18-9-13-22(14-10-18)28-17-20-11-12-21(25)15-23(20)26/h3-5,7-15,24,27H,2,6,16-17H2,1H3. The summed E-state index contributed by atoms with van der Waals surface area (Å²) in [6.07, 6.45) is 2.26. The van der Waals surface area contributed by atoms with Crippen molar-refractivity contribution in [3.05, 3.63) is 99.5 Å². The molecule has 0 amide bonds. The van der Waals surface area contributed by atoms with Crippen LogP contribution in [0, 0.1) is 0 Å². The Hall–Kier alpha value is -2.00. The molecule has 3 aromatic carbocycles. The first-order valence-corrected chi connectivity index (χ1v) is 10.4. The van der Waals surface area contributed by atoms with Gasteiger partial charge in [-0.1, -0.05) is 85.1 Å². The minimum Gasteiger partial charge on any atom is -0.489 e. The number of nitrogens with one attached hydrogen (secondary N) is 1. The summed E-state index contributed by atoms with van der Waals surface area (Å²) in [6, 6.07) is 24.6. The highest BCUT2D eigenvalue weighted by molar-refractivity contribution is 6.35. The summed E-state index contributed by atoms with van der Waals surface area (Å²) in [6.45, 7) is 3.46. The van der Waals surface area contributed by atoms with Crippen LogP contribution in [0.5, 0.6) is 5.75 Å². The molecule has 1 atom stereocenters. The maximum Gasteiger partial charge on any atom is 0.119 e. The van der Waals surface area contributed by atoms with Crippen molar-refractivity contribution in [3.8, 4) is 5.75 Å². The minimum absolute atomic E-state index is 0.370. The van der Waals surface area contributed by atoms with Gasteiger partial charge in [0.25, 0.3) is 0 Å². The third-order valence-corrected chi connectivity index (χ3v) is 5.25. The van der Waals surface area contributed by atoms with Gasteiger partial charge >= 0.3 is 0 Å². The van der Waals surface area contributed by atoms with Gasteiger partial charge < -0.3 is 10.1 Å². The zero-order chi connectivity index (χ0) is 19.8. The Morgan fingerprint density at radius 1 is 0.929 bits per heavy atom. The third kappa shape index (κ3) is 6.00. The van der Waals surface area contributed by atoms with Crippen LogP contribution >= 0.6 is 23.2 Å². The van der Waals surface area contributed by atoms with Crippen LogP contribution in [0.1, 0.15) is 42.5 Å². The van der Waals surface area contributed by atoms with Gasteiger partial charge in [-0.15, -0.1) is 0 Å². The Labute approximate surface area is 177 Å². The summed E-state index contributed by atoms with van der Waals surface area (Å²) in [5.41, 5.74) is 3.49. The van der Waals surface area contributed by atoms with Gasteiger partial charge in [-0.3, -0.25) is 0 Å².